The van der Waals surface area contributed by atoms with E-state index in [1.54, 1.807) is 0 Å². The molecule has 0 aliphatic rings. The van der Waals surface area contributed by atoms with Crippen LogP contribution in [-0.4, -0.2) is 33.3 Å². The Hall–Kier alpha value is -2.89. The molecule has 20 heavy (non-hydrogen) atoms. The van der Waals surface area contributed by atoms with E-state index >= 15 is 0 Å². The maximum Gasteiger partial charge on any atom is 0.204 e. The van der Waals surface area contributed by atoms with E-state index in [-0.39, 0.29) is 16.9 Å². The summed E-state index contributed by atoms with van der Waals surface area (Å²) in [6.07, 6.45) is 0. The van der Waals surface area contributed by atoms with Gasteiger partial charge < -0.3 is 25.2 Å². The number of hydrogen-bond donors (Lipinski definition) is 4. The van der Waals surface area contributed by atoms with E-state index < -0.39 is 28.8 Å². The van der Waals surface area contributed by atoms with Crippen LogP contribution in [0.3, 0.4) is 0 Å². The Kier molecular flexibility index (Phi) is 3.39. The lowest BCUT2D eigenvalue weighted by molar-refractivity contribution is 0.102. The van der Waals surface area contributed by atoms with Crippen LogP contribution in [0.15, 0.2) is 30.3 Å². The van der Waals surface area contributed by atoms with Crippen LogP contribution in [0.1, 0.15) is 15.9 Å². The number of para-hydroxylation sites is 1. The normalized spacial score (nSPS) is 10.2. The predicted octanol–water partition coefficient (Wildman–Crippen LogP) is 1.75. The Morgan fingerprint density at radius 3 is 2.25 bits per heavy atom. The summed E-state index contributed by atoms with van der Waals surface area (Å²) in [6, 6.07) is 6.34. The molecule has 0 aliphatic carbocycles. The number of aromatic hydroxyl groups is 4. The molecule has 6 nitrogen and oxygen atoms in total. The molecular weight excluding hydrogens is 264 g/mol. The highest BCUT2D eigenvalue weighted by Gasteiger charge is 2.24. The summed E-state index contributed by atoms with van der Waals surface area (Å²) >= 11 is 0. The van der Waals surface area contributed by atoms with E-state index in [0.29, 0.717) is 0 Å². The monoisotopic (exact) mass is 276 g/mol. The van der Waals surface area contributed by atoms with Gasteiger partial charge in [0.15, 0.2) is 23.0 Å². The minimum Gasteiger partial charge on any atom is -0.504 e. The van der Waals surface area contributed by atoms with Gasteiger partial charge in [0.2, 0.25) is 5.78 Å². The number of benzene rings is 2. The van der Waals surface area contributed by atoms with Crippen molar-refractivity contribution < 1.29 is 30.0 Å². The van der Waals surface area contributed by atoms with Crippen LogP contribution in [0, 0.1) is 0 Å². The average molecular weight is 276 g/mol. The molecule has 0 fully saturated rings. The highest BCUT2D eigenvalue weighted by atomic mass is 16.5. The Morgan fingerprint density at radius 2 is 1.60 bits per heavy atom. The molecule has 0 unspecified atom stereocenters. The fourth-order valence-electron chi connectivity index (χ4n) is 1.80. The molecule has 0 saturated carbocycles. The number of carbonyl (C=O) groups excluding carboxylic acids is 1. The lowest BCUT2D eigenvalue weighted by Crippen LogP contribution is -2.05. The van der Waals surface area contributed by atoms with Crippen molar-refractivity contribution in [3.05, 3.63) is 41.5 Å². The van der Waals surface area contributed by atoms with Gasteiger partial charge in [0, 0.05) is 0 Å². The molecule has 0 bridgehead atoms. The average Bonchev–Trinajstić information content (AvgIpc) is 2.44. The van der Waals surface area contributed by atoms with E-state index in [1.165, 1.54) is 37.4 Å². The SMILES string of the molecule is COc1ccc(O)c(O)c1C(=O)c1cccc(O)c1O. The van der Waals surface area contributed by atoms with E-state index in [0.717, 1.165) is 0 Å². The van der Waals surface area contributed by atoms with Gasteiger partial charge in [0.1, 0.15) is 11.3 Å². The molecule has 0 heterocycles. The first-order chi connectivity index (χ1) is 9.47. The smallest absolute Gasteiger partial charge is 0.204 e. The van der Waals surface area contributed by atoms with Crippen molar-refractivity contribution >= 4 is 5.78 Å². The van der Waals surface area contributed by atoms with Crippen molar-refractivity contribution in [1.82, 2.24) is 0 Å². The molecule has 0 amide bonds. The molecule has 0 aromatic heterocycles. The Bertz CT molecular complexity index is 678. The van der Waals surface area contributed by atoms with Crippen LogP contribution in [-0.2, 0) is 0 Å². The van der Waals surface area contributed by atoms with Gasteiger partial charge in [-0.3, -0.25) is 4.79 Å². The number of rotatable bonds is 3. The summed E-state index contributed by atoms with van der Waals surface area (Å²) in [5.41, 5.74) is -0.516. The van der Waals surface area contributed by atoms with E-state index in [2.05, 4.69) is 0 Å². The lowest BCUT2D eigenvalue weighted by atomic mass is 10.00. The first-order valence-corrected chi connectivity index (χ1v) is 5.62. The number of phenols is 4. The zero-order valence-corrected chi connectivity index (χ0v) is 10.5. The molecule has 0 spiro atoms. The molecule has 2 aromatic carbocycles. The molecule has 4 N–H and O–H groups in total. The third-order valence-electron chi connectivity index (χ3n) is 2.82. The minimum absolute atomic E-state index is 0.0352. The van der Waals surface area contributed by atoms with Crippen molar-refractivity contribution in [2.45, 2.75) is 0 Å². The molecule has 0 radical (unpaired) electrons. The van der Waals surface area contributed by atoms with Crippen molar-refractivity contribution in [3.63, 3.8) is 0 Å². The fourth-order valence-corrected chi connectivity index (χ4v) is 1.80. The van der Waals surface area contributed by atoms with Crippen molar-refractivity contribution in [2.75, 3.05) is 7.11 Å². The highest BCUT2D eigenvalue weighted by Crippen LogP contribution is 2.39. The quantitative estimate of drug-likeness (QED) is 0.502. The number of ketones is 1. The zero-order valence-electron chi connectivity index (χ0n) is 10.5. The summed E-state index contributed by atoms with van der Waals surface area (Å²) in [6.45, 7) is 0. The van der Waals surface area contributed by atoms with Crippen LogP contribution in [0.25, 0.3) is 0 Å². The van der Waals surface area contributed by atoms with E-state index in [4.69, 9.17) is 4.74 Å². The van der Waals surface area contributed by atoms with Crippen LogP contribution >= 0.6 is 0 Å². The summed E-state index contributed by atoms with van der Waals surface area (Å²) in [5, 5.41) is 38.4. The van der Waals surface area contributed by atoms with Crippen molar-refractivity contribution in [1.29, 1.82) is 0 Å². The molecule has 2 rings (SSSR count). The summed E-state index contributed by atoms with van der Waals surface area (Å²) in [4.78, 5) is 12.3. The van der Waals surface area contributed by atoms with Gasteiger partial charge in [-0.15, -0.1) is 0 Å². The van der Waals surface area contributed by atoms with Crippen molar-refractivity contribution in [2.24, 2.45) is 0 Å². The standard InChI is InChI=1S/C14H12O6/c1-20-10-6-5-9(16)14(19)11(10)13(18)7-3-2-4-8(15)12(7)17/h2-6,15-17,19H,1H3. The Balaban J connectivity index is 2.65. The van der Waals surface area contributed by atoms with E-state index in [9.17, 15) is 25.2 Å². The third kappa shape index (κ3) is 2.07. The second-order valence-corrected chi connectivity index (χ2v) is 4.01. The molecule has 0 atom stereocenters. The predicted molar refractivity (Wildman–Crippen MR) is 69.5 cm³/mol. The highest BCUT2D eigenvalue weighted by molar-refractivity contribution is 6.14. The van der Waals surface area contributed by atoms with Gasteiger partial charge >= 0.3 is 0 Å². The first kappa shape index (κ1) is 13.5. The number of ether oxygens (including phenoxy) is 1. The maximum atomic E-state index is 12.3. The molecule has 0 saturated heterocycles. The minimum atomic E-state index is -0.788. The van der Waals surface area contributed by atoms with Crippen LogP contribution in [0.5, 0.6) is 28.7 Å². The topological polar surface area (TPSA) is 107 Å². The number of methoxy groups -OCH3 is 1. The summed E-state index contributed by atoms with van der Waals surface area (Å²) in [5.74, 6) is -2.97. The zero-order chi connectivity index (χ0) is 14.9. The fraction of sp³-hybridized carbons (Fsp3) is 0.0714. The van der Waals surface area contributed by atoms with Crippen molar-refractivity contribution in [3.8, 4) is 28.7 Å². The van der Waals surface area contributed by atoms with Gasteiger partial charge in [-0.05, 0) is 24.3 Å². The largest absolute Gasteiger partial charge is 0.504 e. The molecular formula is C14H12O6. The lowest BCUT2D eigenvalue weighted by Gasteiger charge is -2.11. The molecule has 0 aliphatic heterocycles. The molecule has 6 heteroatoms. The third-order valence-corrected chi connectivity index (χ3v) is 2.82. The summed E-state index contributed by atoms with van der Waals surface area (Å²) < 4.78 is 4.96. The molecule has 2 aromatic rings. The van der Waals surface area contributed by atoms with Gasteiger partial charge in [-0.2, -0.15) is 0 Å². The van der Waals surface area contributed by atoms with Gasteiger partial charge in [-0.1, -0.05) is 6.07 Å². The summed E-state index contributed by atoms with van der Waals surface area (Å²) in [7, 11) is 1.30. The number of phenolic OH excluding ortho intramolecular Hbond substituents is 4. The van der Waals surface area contributed by atoms with Crippen LogP contribution in [0.2, 0.25) is 0 Å². The van der Waals surface area contributed by atoms with Crippen LogP contribution < -0.4 is 4.74 Å². The number of carbonyl (C=O) groups is 1. The second kappa shape index (κ2) is 5.00. The van der Waals surface area contributed by atoms with Gasteiger partial charge in [0.25, 0.3) is 0 Å². The molecule has 104 valence electrons. The number of hydrogen-bond acceptors (Lipinski definition) is 6. The Morgan fingerprint density at radius 1 is 0.950 bits per heavy atom. The van der Waals surface area contributed by atoms with Gasteiger partial charge in [0.05, 0.1) is 12.7 Å². The Labute approximate surface area is 114 Å². The first-order valence-electron chi connectivity index (χ1n) is 5.62. The maximum absolute atomic E-state index is 12.3. The van der Waals surface area contributed by atoms with Gasteiger partial charge in [-0.25, -0.2) is 0 Å². The van der Waals surface area contributed by atoms with E-state index in [1.807, 2.05) is 0 Å². The van der Waals surface area contributed by atoms with Crippen LogP contribution in [0.4, 0.5) is 0 Å². The second-order valence-electron chi connectivity index (χ2n) is 4.01.